The molecule has 3 heteroatoms. The number of benzene rings is 5. The van der Waals surface area contributed by atoms with Gasteiger partial charge in [0.1, 0.15) is 0 Å². The molecule has 5 aromatic rings. The summed E-state index contributed by atoms with van der Waals surface area (Å²) in [5.41, 5.74) is 8.21. The molecular weight excluding hydrogens is 571 g/mol. The first-order valence-electron chi connectivity index (χ1n) is 18.2. The van der Waals surface area contributed by atoms with Crippen molar-refractivity contribution in [3.63, 3.8) is 0 Å². The van der Waals surface area contributed by atoms with Gasteiger partial charge in [0.05, 0.1) is 11.2 Å². The topological polar surface area (TPSA) is 18.5 Å². The lowest BCUT2D eigenvalue weighted by Gasteiger charge is -2.32. The van der Waals surface area contributed by atoms with Gasteiger partial charge in [0.15, 0.2) is 0 Å². The third kappa shape index (κ3) is 7.08. The Kier molecular flexibility index (Phi) is 10.3. The molecule has 0 bridgehead atoms. The average Bonchev–Trinajstić information content (AvgIpc) is 3.30. The normalized spacial score (nSPS) is 15.6. The highest BCUT2D eigenvalue weighted by molar-refractivity contribution is 6.62. The van der Waals surface area contributed by atoms with Crippen LogP contribution in [0.1, 0.15) is 104 Å². The van der Waals surface area contributed by atoms with Crippen LogP contribution in [0.5, 0.6) is 0 Å². The zero-order valence-corrected chi connectivity index (χ0v) is 29.6. The van der Waals surface area contributed by atoms with Gasteiger partial charge in [0, 0.05) is 0 Å². The minimum Gasteiger partial charge on any atom is -0.399 e. The molecule has 0 N–H and O–H groups in total. The van der Waals surface area contributed by atoms with E-state index in [0.717, 1.165) is 18.3 Å². The van der Waals surface area contributed by atoms with E-state index in [1.165, 1.54) is 106 Å². The molecule has 0 radical (unpaired) electrons. The van der Waals surface area contributed by atoms with E-state index in [4.69, 9.17) is 9.31 Å². The fourth-order valence-electron chi connectivity index (χ4n) is 7.13. The first-order valence-corrected chi connectivity index (χ1v) is 18.2. The van der Waals surface area contributed by atoms with E-state index in [1.54, 1.807) is 0 Å². The molecule has 6 rings (SSSR count). The number of rotatable bonds is 13. The van der Waals surface area contributed by atoms with Gasteiger partial charge >= 0.3 is 7.12 Å². The lowest BCUT2D eigenvalue weighted by atomic mass is 9.76. The Morgan fingerprint density at radius 3 is 1.40 bits per heavy atom. The molecule has 0 saturated carbocycles. The van der Waals surface area contributed by atoms with Gasteiger partial charge in [-0.3, -0.25) is 0 Å². The van der Waals surface area contributed by atoms with Crippen LogP contribution in [0.4, 0.5) is 0 Å². The molecule has 0 aromatic heterocycles. The first-order chi connectivity index (χ1) is 22.7. The van der Waals surface area contributed by atoms with Crippen molar-refractivity contribution in [3.8, 4) is 22.3 Å². The Morgan fingerprint density at radius 1 is 0.489 bits per heavy atom. The van der Waals surface area contributed by atoms with E-state index in [9.17, 15) is 0 Å². The molecule has 0 spiro atoms. The van der Waals surface area contributed by atoms with E-state index < -0.39 is 18.3 Å². The molecule has 244 valence electrons. The van der Waals surface area contributed by atoms with E-state index in [2.05, 4.69) is 133 Å². The molecule has 1 heterocycles. The summed E-state index contributed by atoms with van der Waals surface area (Å²) in [6.07, 6.45) is 12.6. The van der Waals surface area contributed by atoms with Gasteiger partial charge in [-0.2, -0.15) is 0 Å². The van der Waals surface area contributed by atoms with E-state index >= 15 is 0 Å². The lowest BCUT2D eigenvalue weighted by molar-refractivity contribution is 0.00578. The summed E-state index contributed by atoms with van der Waals surface area (Å²) in [5, 5.41) is 5.07. The van der Waals surface area contributed by atoms with Gasteiger partial charge in [-0.1, -0.05) is 143 Å². The maximum atomic E-state index is 6.56. The number of hydrogen-bond acceptors (Lipinski definition) is 2. The Balaban J connectivity index is 1.48. The molecule has 1 fully saturated rings. The van der Waals surface area contributed by atoms with Crippen LogP contribution in [-0.2, 0) is 22.2 Å². The largest absolute Gasteiger partial charge is 0.494 e. The second kappa shape index (κ2) is 14.4. The molecule has 1 aliphatic rings. The van der Waals surface area contributed by atoms with Crippen molar-refractivity contribution < 1.29 is 9.31 Å². The van der Waals surface area contributed by atoms with Crippen molar-refractivity contribution in [2.24, 2.45) is 0 Å². The Morgan fingerprint density at radius 2 is 0.936 bits per heavy atom. The number of aryl methyl sites for hydroxylation is 2. The van der Waals surface area contributed by atoms with Crippen LogP contribution in [0, 0.1) is 0 Å². The highest BCUT2D eigenvalue weighted by atomic mass is 16.7. The molecule has 0 amide bonds. The first kappa shape index (κ1) is 33.5. The van der Waals surface area contributed by atoms with E-state index in [1.807, 2.05) is 0 Å². The fraction of sp³-hybridized carbons (Fsp3) is 0.409. The number of hydrogen-bond donors (Lipinski definition) is 0. The molecule has 47 heavy (non-hydrogen) atoms. The van der Waals surface area contributed by atoms with Crippen LogP contribution >= 0.6 is 0 Å². The second-order valence-corrected chi connectivity index (χ2v) is 14.7. The van der Waals surface area contributed by atoms with Crippen LogP contribution in [0.2, 0.25) is 0 Å². The van der Waals surface area contributed by atoms with E-state index in [0.29, 0.717) is 0 Å². The van der Waals surface area contributed by atoms with Crippen molar-refractivity contribution >= 4 is 34.1 Å². The predicted molar refractivity (Wildman–Crippen MR) is 204 cm³/mol. The molecule has 0 atom stereocenters. The molecule has 1 saturated heterocycles. The number of fused-ring (bicyclic) bond motifs is 2. The monoisotopic (exact) mass is 624 g/mol. The molecule has 1 aliphatic heterocycles. The van der Waals surface area contributed by atoms with Crippen LogP contribution in [-0.4, -0.2) is 18.3 Å². The second-order valence-electron chi connectivity index (χ2n) is 14.7. The third-order valence-corrected chi connectivity index (χ3v) is 10.7. The van der Waals surface area contributed by atoms with Crippen molar-refractivity contribution in [2.45, 2.75) is 117 Å². The molecule has 0 aliphatic carbocycles. The van der Waals surface area contributed by atoms with Crippen molar-refractivity contribution in [3.05, 3.63) is 102 Å². The van der Waals surface area contributed by atoms with Gasteiger partial charge < -0.3 is 9.31 Å². The minimum atomic E-state index is -0.412. The Hall–Kier alpha value is -3.40. The maximum absolute atomic E-state index is 6.56. The summed E-state index contributed by atoms with van der Waals surface area (Å²) in [4.78, 5) is 0. The molecule has 2 nitrogen and oxygen atoms in total. The summed E-state index contributed by atoms with van der Waals surface area (Å²) in [6, 6.07) is 34.5. The zero-order chi connectivity index (χ0) is 33.0. The van der Waals surface area contributed by atoms with Crippen LogP contribution in [0.3, 0.4) is 0 Å². The molecule has 0 unspecified atom stereocenters. The average molecular weight is 625 g/mol. The lowest BCUT2D eigenvalue weighted by Crippen LogP contribution is -2.41. The smallest absolute Gasteiger partial charge is 0.399 e. The van der Waals surface area contributed by atoms with Gasteiger partial charge in [-0.15, -0.1) is 0 Å². The summed E-state index contributed by atoms with van der Waals surface area (Å²) < 4.78 is 13.1. The van der Waals surface area contributed by atoms with Gasteiger partial charge in [-0.25, -0.2) is 0 Å². The standard InChI is InChI=1S/C44H53BO2/c1-7-9-11-13-17-32-21-25-34(26-22-32)41-37-19-15-16-20-38(37)42(35-27-23-33(24-28-35)18-14-12-10-8-2)40-31-36(29-30-39(40)41)45-46-43(3,4)44(5,6)47-45/h15-16,19-31H,7-14,17-18H2,1-6H3. The minimum absolute atomic E-state index is 0.394. The summed E-state index contributed by atoms with van der Waals surface area (Å²) >= 11 is 0. The SMILES string of the molecule is CCCCCCc1ccc(-c2c3ccccc3c(-c3ccc(CCCCCC)cc3)c3cc(B4OC(C)(C)C(C)(C)O4)ccc23)cc1. The Labute approximate surface area is 284 Å². The van der Waals surface area contributed by atoms with Crippen LogP contribution < -0.4 is 5.46 Å². The van der Waals surface area contributed by atoms with Crippen molar-refractivity contribution in [1.82, 2.24) is 0 Å². The van der Waals surface area contributed by atoms with Gasteiger partial charge in [-0.05, 0) is 114 Å². The van der Waals surface area contributed by atoms with Crippen molar-refractivity contribution in [2.75, 3.05) is 0 Å². The van der Waals surface area contributed by atoms with E-state index in [-0.39, 0.29) is 0 Å². The molecule has 5 aromatic carbocycles. The van der Waals surface area contributed by atoms with Crippen LogP contribution in [0.25, 0.3) is 43.8 Å². The Bertz CT molecular complexity index is 1780. The quantitative estimate of drug-likeness (QED) is 0.0737. The van der Waals surface area contributed by atoms with Crippen molar-refractivity contribution in [1.29, 1.82) is 0 Å². The maximum Gasteiger partial charge on any atom is 0.494 e. The molecular formula is C44H53BO2. The highest BCUT2D eigenvalue weighted by Gasteiger charge is 2.51. The summed E-state index contributed by atoms with van der Waals surface area (Å²) in [7, 11) is -0.412. The van der Waals surface area contributed by atoms with Crippen LogP contribution in [0.15, 0.2) is 91.0 Å². The fourth-order valence-corrected chi connectivity index (χ4v) is 7.13. The summed E-state index contributed by atoms with van der Waals surface area (Å²) in [5.74, 6) is 0. The number of unbranched alkanes of at least 4 members (excludes halogenated alkanes) is 6. The predicted octanol–water partition coefficient (Wildman–Crippen LogP) is 11.9. The third-order valence-electron chi connectivity index (χ3n) is 10.7. The highest BCUT2D eigenvalue weighted by Crippen LogP contribution is 2.44. The van der Waals surface area contributed by atoms with Gasteiger partial charge in [0.2, 0.25) is 0 Å². The summed E-state index contributed by atoms with van der Waals surface area (Å²) in [6.45, 7) is 13.1. The zero-order valence-electron chi connectivity index (χ0n) is 29.6. The van der Waals surface area contributed by atoms with Gasteiger partial charge in [0.25, 0.3) is 0 Å².